The normalized spacial score (nSPS) is 13.8. The smallest absolute Gasteiger partial charge is 0.257 e. The van der Waals surface area contributed by atoms with Crippen molar-refractivity contribution in [3.05, 3.63) is 53.9 Å². The van der Waals surface area contributed by atoms with Gasteiger partial charge in [0.2, 0.25) is 6.41 Å². The Morgan fingerprint density at radius 1 is 1.11 bits per heavy atom. The van der Waals surface area contributed by atoms with E-state index in [2.05, 4.69) is 10.3 Å². The molecule has 2 heterocycles. The van der Waals surface area contributed by atoms with Gasteiger partial charge in [-0.3, -0.25) is 19.4 Å². The van der Waals surface area contributed by atoms with Crippen LogP contribution in [0.25, 0.3) is 0 Å². The fourth-order valence-corrected chi connectivity index (χ4v) is 2.80. The number of benzene rings is 1. The Kier molecular flexibility index (Phi) is 5.65. The molecule has 1 aromatic heterocycles. The van der Waals surface area contributed by atoms with Crippen molar-refractivity contribution in [1.29, 1.82) is 0 Å². The summed E-state index contributed by atoms with van der Waals surface area (Å²) in [4.78, 5) is 43.2. The number of ether oxygens (including phenoxy) is 1. The van der Waals surface area contributed by atoms with Gasteiger partial charge in [-0.25, -0.2) is 0 Å². The lowest BCUT2D eigenvalue weighted by Gasteiger charge is -2.32. The molecule has 1 N–H and O–H groups in total. The molecule has 3 amide bonds. The van der Waals surface area contributed by atoms with Crippen molar-refractivity contribution in [2.75, 3.05) is 38.6 Å². The Morgan fingerprint density at radius 3 is 2.56 bits per heavy atom. The number of hydrogen-bond donors (Lipinski definition) is 1. The molecular formula is C19H20N4O4. The fourth-order valence-electron chi connectivity index (χ4n) is 2.80. The van der Waals surface area contributed by atoms with Crippen molar-refractivity contribution in [2.45, 2.75) is 0 Å². The van der Waals surface area contributed by atoms with E-state index in [9.17, 15) is 14.4 Å². The second-order valence-electron chi connectivity index (χ2n) is 6.08. The summed E-state index contributed by atoms with van der Waals surface area (Å²) in [7, 11) is 1.55. The molecule has 8 nitrogen and oxygen atoms in total. The number of piperazine rings is 1. The predicted molar refractivity (Wildman–Crippen MR) is 98.7 cm³/mol. The van der Waals surface area contributed by atoms with Gasteiger partial charge in [-0.1, -0.05) is 6.07 Å². The van der Waals surface area contributed by atoms with Gasteiger partial charge < -0.3 is 19.9 Å². The van der Waals surface area contributed by atoms with Crippen molar-refractivity contribution in [3.63, 3.8) is 0 Å². The second-order valence-corrected chi connectivity index (χ2v) is 6.08. The van der Waals surface area contributed by atoms with E-state index in [1.807, 2.05) is 0 Å². The molecule has 0 aliphatic carbocycles. The number of carbonyl (C=O) groups excluding carboxylic acids is 3. The molecule has 1 fully saturated rings. The Balaban J connectivity index is 1.70. The number of amides is 3. The van der Waals surface area contributed by atoms with E-state index in [-0.39, 0.29) is 17.4 Å². The molecule has 0 spiro atoms. The van der Waals surface area contributed by atoms with Gasteiger partial charge in [0.15, 0.2) is 0 Å². The number of hydrogen-bond acceptors (Lipinski definition) is 5. The van der Waals surface area contributed by atoms with Crippen molar-refractivity contribution < 1.29 is 19.1 Å². The van der Waals surface area contributed by atoms with Crippen LogP contribution in [0.5, 0.6) is 5.75 Å². The van der Waals surface area contributed by atoms with Crippen LogP contribution in [0.1, 0.15) is 20.7 Å². The van der Waals surface area contributed by atoms with E-state index < -0.39 is 0 Å². The number of pyridine rings is 1. The standard InChI is InChI=1S/C19H20N4O4/c1-27-17-4-2-3-16(10-17)21-18(25)14-9-15(12-20-11-14)19(26)23-7-5-22(13-24)6-8-23/h2-4,9-13H,5-8H2,1H3,(H,21,25). The van der Waals surface area contributed by atoms with E-state index in [1.54, 1.807) is 41.2 Å². The molecule has 27 heavy (non-hydrogen) atoms. The molecule has 1 saturated heterocycles. The summed E-state index contributed by atoms with van der Waals surface area (Å²) in [6.07, 6.45) is 3.64. The lowest BCUT2D eigenvalue weighted by molar-refractivity contribution is -0.119. The van der Waals surface area contributed by atoms with Crippen LogP contribution in [0.4, 0.5) is 5.69 Å². The largest absolute Gasteiger partial charge is 0.497 e. The van der Waals surface area contributed by atoms with Gasteiger partial charge in [0.05, 0.1) is 18.2 Å². The highest BCUT2D eigenvalue weighted by atomic mass is 16.5. The minimum atomic E-state index is -0.365. The Bertz CT molecular complexity index is 847. The highest BCUT2D eigenvalue weighted by Crippen LogP contribution is 2.18. The third-order valence-corrected chi connectivity index (χ3v) is 4.33. The average Bonchev–Trinajstić information content (AvgIpc) is 2.73. The number of rotatable bonds is 5. The lowest BCUT2D eigenvalue weighted by Crippen LogP contribution is -2.48. The van der Waals surface area contributed by atoms with E-state index >= 15 is 0 Å². The van der Waals surface area contributed by atoms with Crippen LogP contribution < -0.4 is 10.1 Å². The van der Waals surface area contributed by atoms with Crippen LogP contribution >= 0.6 is 0 Å². The number of nitrogens with one attached hydrogen (secondary N) is 1. The molecule has 1 aliphatic rings. The summed E-state index contributed by atoms with van der Waals surface area (Å²) in [6, 6.07) is 8.52. The number of anilines is 1. The minimum Gasteiger partial charge on any atom is -0.497 e. The summed E-state index contributed by atoms with van der Waals surface area (Å²) >= 11 is 0. The molecule has 3 rings (SSSR count). The number of nitrogens with zero attached hydrogens (tertiary/aromatic N) is 3. The van der Waals surface area contributed by atoms with E-state index in [0.29, 0.717) is 43.2 Å². The van der Waals surface area contributed by atoms with Crippen LogP contribution in [-0.4, -0.2) is 66.3 Å². The quantitative estimate of drug-likeness (QED) is 0.802. The van der Waals surface area contributed by atoms with Gasteiger partial charge in [0.25, 0.3) is 11.8 Å². The lowest BCUT2D eigenvalue weighted by atomic mass is 10.1. The topological polar surface area (TPSA) is 91.8 Å². The van der Waals surface area contributed by atoms with Gasteiger partial charge in [-0.2, -0.15) is 0 Å². The van der Waals surface area contributed by atoms with Gasteiger partial charge in [-0.15, -0.1) is 0 Å². The van der Waals surface area contributed by atoms with Crippen LogP contribution in [0, 0.1) is 0 Å². The fraction of sp³-hybridized carbons (Fsp3) is 0.263. The van der Waals surface area contributed by atoms with E-state index in [0.717, 1.165) is 6.41 Å². The van der Waals surface area contributed by atoms with Crippen LogP contribution in [0.3, 0.4) is 0 Å². The van der Waals surface area contributed by atoms with Gasteiger partial charge in [0, 0.05) is 50.3 Å². The van der Waals surface area contributed by atoms with Gasteiger partial charge in [0.1, 0.15) is 5.75 Å². The number of aromatic nitrogens is 1. The van der Waals surface area contributed by atoms with Gasteiger partial charge in [-0.05, 0) is 18.2 Å². The zero-order chi connectivity index (χ0) is 19.2. The predicted octanol–water partition coefficient (Wildman–Crippen LogP) is 1.26. The van der Waals surface area contributed by atoms with E-state index in [4.69, 9.17) is 4.74 Å². The number of carbonyl (C=O) groups is 3. The van der Waals surface area contributed by atoms with Crippen molar-refractivity contribution in [3.8, 4) is 5.75 Å². The first-order valence-corrected chi connectivity index (χ1v) is 8.50. The first-order valence-electron chi connectivity index (χ1n) is 8.50. The minimum absolute atomic E-state index is 0.205. The summed E-state index contributed by atoms with van der Waals surface area (Å²) in [5.41, 5.74) is 1.21. The van der Waals surface area contributed by atoms with Crippen molar-refractivity contribution >= 4 is 23.9 Å². The second kappa shape index (κ2) is 8.31. The van der Waals surface area contributed by atoms with E-state index in [1.165, 1.54) is 18.5 Å². The molecule has 0 saturated carbocycles. The molecule has 1 aromatic carbocycles. The summed E-state index contributed by atoms with van der Waals surface area (Å²) in [5.74, 6) is 0.0598. The SMILES string of the molecule is COc1cccc(NC(=O)c2cncc(C(=O)N3CCN(C=O)CC3)c2)c1. The molecule has 1 aliphatic heterocycles. The zero-order valence-corrected chi connectivity index (χ0v) is 14.9. The van der Waals surface area contributed by atoms with Crippen LogP contribution in [0.2, 0.25) is 0 Å². The molecule has 8 heteroatoms. The number of methoxy groups -OCH3 is 1. The first-order chi connectivity index (χ1) is 13.1. The summed E-state index contributed by atoms with van der Waals surface area (Å²) < 4.78 is 5.14. The van der Waals surface area contributed by atoms with Gasteiger partial charge >= 0.3 is 0 Å². The molecule has 0 bridgehead atoms. The zero-order valence-electron chi connectivity index (χ0n) is 14.9. The highest BCUT2D eigenvalue weighted by molar-refractivity contribution is 6.05. The Hall–Kier alpha value is -3.42. The average molecular weight is 368 g/mol. The molecule has 140 valence electrons. The molecule has 0 radical (unpaired) electrons. The first kappa shape index (κ1) is 18.4. The van der Waals surface area contributed by atoms with Crippen LogP contribution in [0.15, 0.2) is 42.7 Å². The summed E-state index contributed by atoms with van der Waals surface area (Å²) in [5, 5.41) is 2.76. The molecule has 0 atom stereocenters. The van der Waals surface area contributed by atoms with Crippen LogP contribution in [-0.2, 0) is 4.79 Å². The molecule has 0 unspecified atom stereocenters. The highest BCUT2D eigenvalue weighted by Gasteiger charge is 2.22. The third kappa shape index (κ3) is 4.41. The van der Waals surface area contributed by atoms with Crippen molar-refractivity contribution in [1.82, 2.24) is 14.8 Å². The molecule has 2 aromatic rings. The Morgan fingerprint density at radius 2 is 1.85 bits per heavy atom. The molecular weight excluding hydrogens is 348 g/mol. The maximum Gasteiger partial charge on any atom is 0.257 e. The van der Waals surface area contributed by atoms with Crippen molar-refractivity contribution in [2.24, 2.45) is 0 Å². The monoisotopic (exact) mass is 368 g/mol. The third-order valence-electron chi connectivity index (χ3n) is 4.33. The Labute approximate surface area is 156 Å². The maximum absolute atomic E-state index is 12.6. The maximum atomic E-state index is 12.6. The summed E-state index contributed by atoms with van der Waals surface area (Å²) in [6.45, 7) is 1.91.